The number of hydrogen-bond acceptors (Lipinski definition) is 7. The summed E-state index contributed by atoms with van der Waals surface area (Å²) in [6.45, 7) is 8.98. The van der Waals surface area contributed by atoms with Gasteiger partial charge in [0.05, 0.1) is 13.2 Å². The van der Waals surface area contributed by atoms with E-state index in [0.717, 1.165) is 0 Å². The number of carbonyl (C=O) groups is 3. The summed E-state index contributed by atoms with van der Waals surface area (Å²) in [5.41, 5.74) is 0. The highest BCUT2D eigenvalue weighted by Gasteiger charge is 2.24. The highest BCUT2D eigenvalue weighted by atomic mass is 16.8. The van der Waals surface area contributed by atoms with Crippen molar-refractivity contribution < 1.29 is 33.3 Å². The Labute approximate surface area is 118 Å². The zero-order valence-corrected chi connectivity index (χ0v) is 12.5. The third-order valence-electron chi connectivity index (χ3n) is 1.86. The van der Waals surface area contributed by atoms with E-state index in [-0.39, 0.29) is 25.0 Å². The van der Waals surface area contributed by atoms with Crippen LogP contribution < -0.4 is 0 Å². The van der Waals surface area contributed by atoms with E-state index in [1.165, 1.54) is 6.92 Å². The molecule has 0 fully saturated rings. The van der Waals surface area contributed by atoms with Crippen LogP contribution in [0.4, 0.5) is 9.59 Å². The first kappa shape index (κ1) is 18.2. The van der Waals surface area contributed by atoms with E-state index in [2.05, 4.69) is 14.2 Å². The number of carbonyl (C=O) groups excluding carboxylic acids is 3. The van der Waals surface area contributed by atoms with Gasteiger partial charge in [0.1, 0.15) is 0 Å². The molecular weight excluding hydrogens is 268 g/mol. The molecule has 116 valence electrons. The largest absolute Gasteiger partial charge is 0.516 e. The lowest BCUT2D eigenvalue weighted by molar-refractivity contribution is -0.150. The summed E-state index contributed by atoms with van der Waals surface area (Å²) in [4.78, 5) is 33.7. The van der Waals surface area contributed by atoms with Crippen molar-refractivity contribution in [1.82, 2.24) is 0 Å². The fraction of sp³-hybridized carbons (Fsp3) is 0.769. The van der Waals surface area contributed by atoms with Crippen LogP contribution in [0.15, 0.2) is 0 Å². The quantitative estimate of drug-likeness (QED) is 0.548. The zero-order chi connectivity index (χ0) is 15.7. The van der Waals surface area contributed by atoms with E-state index < -0.39 is 24.4 Å². The summed E-state index contributed by atoms with van der Waals surface area (Å²) >= 11 is 0. The smallest absolute Gasteiger partial charge is 0.434 e. The first-order valence-corrected chi connectivity index (χ1v) is 6.44. The van der Waals surface area contributed by atoms with Gasteiger partial charge in [-0.25, -0.2) is 14.4 Å². The van der Waals surface area contributed by atoms with E-state index in [4.69, 9.17) is 4.74 Å². The van der Waals surface area contributed by atoms with Crippen molar-refractivity contribution in [3.63, 3.8) is 0 Å². The van der Waals surface area contributed by atoms with Gasteiger partial charge in [0.2, 0.25) is 0 Å². The van der Waals surface area contributed by atoms with Crippen molar-refractivity contribution in [1.29, 1.82) is 0 Å². The monoisotopic (exact) mass is 290 g/mol. The normalized spacial score (nSPS) is 11.9. The molecule has 0 bridgehead atoms. The highest BCUT2D eigenvalue weighted by Crippen LogP contribution is 2.02. The molecule has 7 nitrogen and oxygen atoms in total. The fourth-order valence-electron chi connectivity index (χ4n) is 0.890. The summed E-state index contributed by atoms with van der Waals surface area (Å²) in [6.07, 6.45) is -3.35. The van der Waals surface area contributed by atoms with E-state index in [9.17, 15) is 14.4 Å². The Morgan fingerprint density at radius 1 is 0.800 bits per heavy atom. The predicted molar refractivity (Wildman–Crippen MR) is 69.0 cm³/mol. The van der Waals surface area contributed by atoms with Crippen LogP contribution in [0.25, 0.3) is 0 Å². The molecule has 0 N–H and O–H groups in total. The fourth-order valence-corrected chi connectivity index (χ4v) is 0.890. The van der Waals surface area contributed by atoms with Crippen LogP contribution in [0, 0.1) is 11.8 Å². The van der Waals surface area contributed by atoms with Crippen molar-refractivity contribution in [2.45, 2.75) is 40.7 Å². The second-order valence-electron chi connectivity index (χ2n) is 5.09. The maximum absolute atomic E-state index is 11.4. The van der Waals surface area contributed by atoms with Gasteiger partial charge in [-0.1, -0.05) is 27.7 Å². The van der Waals surface area contributed by atoms with Gasteiger partial charge in [-0.15, -0.1) is 0 Å². The van der Waals surface area contributed by atoms with Crippen LogP contribution in [-0.4, -0.2) is 37.6 Å². The van der Waals surface area contributed by atoms with Gasteiger partial charge in [0.15, 0.2) is 6.10 Å². The van der Waals surface area contributed by atoms with Crippen molar-refractivity contribution in [3.05, 3.63) is 0 Å². The summed E-state index contributed by atoms with van der Waals surface area (Å²) < 4.78 is 18.4. The Kier molecular flexibility index (Phi) is 8.35. The highest BCUT2D eigenvalue weighted by molar-refractivity contribution is 5.85. The average Bonchev–Trinajstić information content (AvgIpc) is 2.33. The number of hydrogen-bond donors (Lipinski definition) is 0. The summed E-state index contributed by atoms with van der Waals surface area (Å²) in [6, 6.07) is 0. The molecule has 20 heavy (non-hydrogen) atoms. The first-order chi connectivity index (χ1) is 9.22. The van der Waals surface area contributed by atoms with Crippen molar-refractivity contribution in [3.8, 4) is 0 Å². The van der Waals surface area contributed by atoms with Crippen molar-refractivity contribution in [2.75, 3.05) is 13.2 Å². The average molecular weight is 290 g/mol. The van der Waals surface area contributed by atoms with Crippen LogP contribution >= 0.6 is 0 Å². The first-order valence-electron chi connectivity index (χ1n) is 6.44. The van der Waals surface area contributed by atoms with Crippen LogP contribution in [0.2, 0.25) is 0 Å². The molecule has 0 aromatic rings. The van der Waals surface area contributed by atoms with E-state index in [0.29, 0.717) is 0 Å². The minimum absolute atomic E-state index is 0.123. The Balaban J connectivity index is 4.02. The molecule has 1 atom stereocenters. The van der Waals surface area contributed by atoms with Crippen LogP contribution in [-0.2, 0) is 23.7 Å². The molecule has 0 aromatic heterocycles. The molecule has 7 heteroatoms. The van der Waals surface area contributed by atoms with Gasteiger partial charge in [0, 0.05) is 0 Å². The lowest BCUT2D eigenvalue weighted by Gasteiger charge is -2.13. The molecule has 0 spiro atoms. The summed E-state index contributed by atoms with van der Waals surface area (Å²) in [7, 11) is 0. The second kappa shape index (κ2) is 9.17. The van der Waals surface area contributed by atoms with E-state index in [1.807, 2.05) is 27.7 Å². The molecule has 1 unspecified atom stereocenters. The SMILES string of the molecule is CC(C)COC(=O)OC(=O)C(C)OC(=O)OCC(C)C. The van der Waals surface area contributed by atoms with E-state index >= 15 is 0 Å². The molecule has 0 radical (unpaired) electrons. The van der Waals surface area contributed by atoms with Gasteiger partial charge in [-0.2, -0.15) is 0 Å². The molecule has 0 aliphatic carbocycles. The third kappa shape index (κ3) is 9.18. The van der Waals surface area contributed by atoms with Gasteiger partial charge < -0.3 is 18.9 Å². The predicted octanol–water partition coefficient (Wildman–Crippen LogP) is 2.52. The topological polar surface area (TPSA) is 88.1 Å². The summed E-state index contributed by atoms with van der Waals surface area (Å²) in [5, 5.41) is 0. The molecular formula is C13H22O7. The Bertz CT molecular complexity index is 336. The lowest BCUT2D eigenvalue weighted by Crippen LogP contribution is -2.29. The number of esters is 1. The minimum Gasteiger partial charge on any atom is -0.434 e. The molecule has 0 heterocycles. The Hall–Kier alpha value is -1.79. The minimum atomic E-state index is -1.25. The molecule has 0 saturated carbocycles. The molecule has 0 aliphatic rings. The van der Waals surface area contributed by atoms with Crippen LogP contribution in [0.1, 0.15) is 34.6 Å². The zero-order valence-electron chi connectivity index (χ0n) is 12.5. The maximum Gasteiger partial charge on any atom is 0.516 e. The van der Waals surface area contributed by atoms with Crippen LogP contribution in [0.3, 0.4) is 0 Å². The number of ether oxygens (including phenoxy) is 4. The van der Waals surface area contributed by atoms with Gasteiger partial charge in [-0.3, -0.25) is 0 Å². The van der Waals surface area contributed by atoms with Crippen molar-refractivity contribution >= 4 is 18.3 Å². The molecule has 0 saturated heterocycles. The summed E-state index contributed by atoms with van der Waals surface area (Å²) in [5.74, 6) is -0.742. The maximum atomic E-state index is 11.4. The molecule has 0 aliphatic heterocycles. The second-order valence-corrected chi connectivity index (χ2v) is 5.09. The molecule has 0 aromatic carbocycles. The van der Waals surface area contributed by atoms with Gasteiger partial charge in [-0.05, 0) is 18.8 Å². The standard InChI is InChI=1S/C13H22O7/c1-8(2)6-17-12(15)19-10(5)11(14)20-13(16)18-7-9(3)4/h8-10H,6-7H2,1-5H3. The van der Waals surface area contributed by atoms with Gasteiger partial charge in [0.25, 0.3) is 0 Å². The van der Waals surface area contributed by atoms with Crippen LogP contribution in [0.5, 0.6) is 0 Å². The lowest BCUT2D eigenvalue weighted by atomic mass is 10.2. The Morgan fingerprint density at radius 3 is 1.70 bits per heavy atom. The van der Waals surface area contributed by atoms with Gasteiger partial charge >= 0.3 is 18.3 Å². The number of rotatable bonds is 6. The Morgan fingerprint density at radius 2 is 1.25 bits per heavy atom. The third-order valence-corrected chi connectivity index (χ3v) is 1.86. The van der Waals surface area contributed by atoms with Crippen molar-refractivity contribution in [2.24, 2.45) is 11.8 Å². The molecule has 0 rings (SSSR count). The van der Waals surface area contributed by atoms with E-state index in [1.54, 1.807) is 0 Å². The molecule has 0 amide bonds.